The summed E-state index contributed by atoms with van der Waals surface area (Å²) in [6.45, 7) is 0. The average molecular weight is 376 g/mol. The molecule has 0 aliphatic heterocycles. The van der Waals surface area contributed by atoms with Crippen LogP contribution in [0.5, 0.6) is 0 Å². The highest BCUT2D eigenvalue weighted by atomic mass is 32.1. The second kappa shape index (κ2) is 6.69. The molecular formula is C20H16N4O2S. The van der Waals surface area contributed by atoms with Crippen molar-refractivity contribution in [2.45, 2.75) is 0 Å². The molecule has 0 fully saturated rings. The van der Waals surface area contributed by atoms with E-state index in [0.29, 0.717) is 5.82 Å². The topological polar surface area (TPSA) is 92.3 Å². The first-order valence-corrected chi connectivity index (χ1v) is 9.02. The third-order valence-electron chi connectivity index (χ3n) is 4.26. The van der Waals surface area contributed by atoms with Gasteiger partial charge in [0.1, 0.15) is 10.8 Å². The lowest BCUT2D eigenvalue weighted by Crippen LogP contribution is -2.24. The first-order chi connectivity index (χ1) is 13.0. The van der Waals surface area contributed by atoms with Gasteiger partial charge in [0, 0.05) is 30.1 Å². The summed E-state index contributed by atoms with van der Waals surface area (Å²) in [6, 6.07) is 17.3. The third kappa shape index (κ3) is 3.32. The maximum Gasteiger partial charge on any atom is 0.412 e. The van der Waals surface area contributed by atoms with Crippen LogP contribution in [0.3, 0.4) is 0 Å². The number of nitrogens with two attached hydrogens (primary N) is 1. The van der Waals surface area contributed by atoms with Gasteiger partial charge in [-0.3, -0.25) is 4.90 Å². The van der Waals surface area contributed by atoms with Crippen molar-refractivity contribution in [2.24, 2.45) is 0 Å². The van der Waals surface area contributed by atoms with Gasteiger partial charge in [0.2, 0.25) is 0 Å². The monoisotopic (exact) mass is 376 g/mol. The zero-order chi connectivity index (χ0) is 19.0. The normalized spacial score (nSPS) is 10.9. The Morgan fingerprint density at radius 3 is 2.41 bits per heavy atom. The van der Waals surface area contributed by atoms with Crippen molar-refractivity contribution in [3.63, 3.8) is 0 Å². The number of anilines is 2. The highest BCUT2D eigenvalue weighted by Gasteiger charge is 2.10. The molecule has 0 unspecified atom stereocenters. The number of carbonyl (C=O) groups is 1. The van der Waals surface area contributed by atoms with Gasteiger partial charge in [0.25, 0.3) is 0 Å². The average Bonchev–Trinajstić information content (AvgIpc) is 3.11. The molecule has 0 bridgehead atoms. The van der Waals surface area contributed by atoms with Crippen molar-refractivity contribution in [3.05, 3.63) is 60.8 Å². The lowest BCUT2D eigenvalue weighted by atomic mass is 10.1. The number of pyridine rings is 1. The van der Waals surface area contributed by atoms with Gasteiger partial charge in [0.15, 0.2) is 0 Å². The molecule has 2 aromatic carbocycles. The highest BCUT2D eigenvalue weighted by molar-refractivity contribution is 7.21. The minimum Gasteiger partial charge on any atom is -0.465 e. The molecule has 1 amide bonds. The largest absolute Gasteiger partial charge is 0.465 e. The van der Waals surface area contributed by atoms with Crippen molar-refractivity contribution in [2.75, 3.05) is 17.7 Å². The predicted molar refractivity (Wildman–Crippen MR) is 109 cm³/mol. The standard InChI is InChI=1S/C20H16N4O2S/c1-24(20(25)26)18-9-6-14(11-22-18)12-2-4-13(5-3-12)19-23-16-8-7-15(21)10-17(16)27-19/h2-11H,21H2,1H3,(H,25,26). The number of carboxylic acid groups (broad SMARTS) is 1. The van der Waals surface area contributed by atoms with Crippen molar-refractivity contribution in [1.82, 2.24) is 9.97 Å². The van der Waals surface area contributed by atoms with Crippen LogP contribution in [0, 0.1) is 0 Å². The Morgan fingerprint density at radius 1 is 1.04 bits per heavy atom. The Kier molecular flexibility index (Phi) is 4.21. The highest BCUT2D eigenvalue weighted by Crippen LogP contribution is 2.32. The summed E-state index contributed by atoms with van der Waals surface area (Å²) >= 11 is 1.61. The first-order valence-electron chi connectivity index (χ1n) is 8.21. The number of nitrogen functional groups attached to an aromatic ring is 1. The Bertz CT molecular complexity index is 1120. The van der Waals surface area contributed by atoms with E-state index in [9.17, 15) is 4.79 Å². The smallest absolute Gasteiger partial charge is 0.412 e. The summed E-state index contributed by atoms with van der Waals surface area (Å²) in [5, 5.41) is 9.95. The maximum absolute atomic E-state index is 11.0. The van der Waals surface area contributed by atoms with Crippen LogP contribution in [-0.2, 0) is 0 Å². The van der Waals surface area contributed by atoms with Crippen LogP contribution < -0.4 is 10.6 Å². The number of fused-ring (bicyclic) bond motifs is 1. The summed E-state index contributed by atoms with van der Waals surface area (Å²) < 4.78 is 1.07. The van der Waals surface area contributed by atoms with Gasteiger partial charge in [-0.05, 0) is 35.9 Å². The van der Waals surface area contributed by atoms with Crippen molar-refractivity contribution < 1.29 is 9.90 Å². The van der Waals surface area contributed by atoms with Gasteiger partial charge < -0.3 is 10.8 Å². The molecule has 2 aromatic heterocycles. The molecule has 4 rings (SSSR count). The first kappa shape index (κ1) is 17.0. The lowest BCUT2D eigenvalue weighted by Gasteiger charge is -2.12. The van der Waals surface area contributed by atoms with E-state index in [0.717, 1.165) is 42.5 Å². The molecule has 3 N–H and O–H groups in total. The number of hydrogen-bond donors (Lipinski definition) is 2. The number of thiazole rings is 1. The van der Waals surface area contributed by atoms with E-state index in [1.54, 1.807) is 23.6 Å². The Labute approximate surface area is 159 Å². The number of benzene rings is 2. The van der Waals surface area contributed by atoms with E-state index >= 15 is 0 Å². The summed E-state index contributed by atoms with van der Waals surface area (Å²) in [6.07, 6.45) is 0.627. The third-order valence-corrected chi connectivity index (χ3v) is 5.32. The van der Waals surface area contributed by atoms with Crippen LogP contribution in [0.1, 0.15) is 0 Å². The molecule has 2 heterocycles. The SMILES string of the molecule is CN(C(=O)O)c1ccc(-c2ccc(-c3nc4ccc(N)cc4s3)cc2)cn1. The second-order valence-electron chi connectivity index (χ2n) is 6.07. The van der Waals surface area contributed by atoms with Gasteiger partial charge in [-0.25, -0.2) is 14.8 Å². The van der Waals surface area contributed by atoms with Gasteiger partial charge >= 0.3 is 6.09 Å². The van der Waals surface area contributed by atoms with E-state index in [4.69, 9.17) is 10.8 Å². The van der Waals surface area contributed by atoms with Gasteiger partial charge in [-0.15, -0.1) is 11.3 Å². The molecule has 4 aromatic rings. The van der Waals surface area contributed by atoms with Crippen molar-refractivity contribution in [3.8, 4) is 21.7 Å². The molecule has 0 spiro atoms. The molecule has 0 saturated heterocycles. The Balaban J connectivity index is 1.60. The second-order valence-corrected chi connectivity index (χ2v) is 7.10. The maximum atomic E-state index is 11.0. The van der Waals surface area contributed by atoms with Crippen molar-refractivity contribution in [1.29, 1.82) is 0 Å². The van der Waals surface area contributed by atoms with E-state index in [1.165, 1.54) is 7.05 Å². The molecule has 0 atom stereocenters. The number of hydrogen-bond acceptors (Lipinski definition) is 5. The molecule has 0 aliphatic rings. The van der Waals surface area contributed by atoms with Crippen LogP contribution in [-0.4, -0.2) is 28.2 Å². The lowest BCUT2D eigenvalue weighted by molar-refractivity contribution is 0.203. The fraction of sp³-hybridized carbons (Fsp3) is 0.0500. The molecule has 0 saturated carbocycles. The molecule has 6 nitrogen and oxygen atoms in total. The Morgan fingerprint density at radius 2 is 1.74 bits per heavy atom. The quantitative estimate of drug-likeness (QED) is 0.505. The van der Waals surface area contributed by atoms with Crippen LogP contribution in [0.2, 0.25) is 0 Å². The fourth-order valence-electron chi connectivity index (χ4n) is 2.72. The van der Waals surface area contributed by atoms with Crippen LogP contribution >= 0.6 is 11.3 Å². The van der Waals surface area contributed by atoms with Gasteiger partial charge in [-0.1, -0.05) is 24.3 Å². The fourth-order valence-corrected chi connectivity index (χ4v) is 3.74. The van der Waals surface area contributed by atoms with E-state index in [2.05, 4.69) is 9.97 Å². The number of aromatic nitrogens is 2. The molecule has 0 radical (unpaired) electrons. The molecule has 0 aliphatic carbocycles. The van der Waals surface area contributed by atoms with E-state index < -0.39 is 6.09 Å². The minimum absolute atomic E-state index is 0.386. The number of nitrogens with zero attached hydrogens (tertiary/aromatic N) is 3. The Hall–Kier alpha value is -3.45. The van der Waals surface area contributed by atoms with Crippen LogP contribution in [0.15, 0.2) is 60.8 Å². The molecule has 7 heteroatoms. The van der Waals surface area contributed by atoms with Crippen LogP contribution in [0.25, 0.3) is 31.9 Å². The van der Waals surface area contributed by atoms with Gasteiger partial charge in [0.05, 0.1) is 10.2 Å². The predicted octanol–water partition coefficient (Wildman–Crippen LogP) is 4.72. The van der Waals surface area contributed by atoms with E-state index in [1.807, 2.05) is 48.5 Å². The molecule has 27 heavy (non-hydrogen) atoms. The number of amides is 1. The molecule has 134 valence electrons. The van der Waals surface area contributed by atoms with E-state index in [-0.39, 0.29) is 0 Å². The zero-order valence-corrected chi connectivity index (χ0v) is 15.3. The van der Waals surface area contributed by atoms with Crippen molar-refractivity contribution >= 4 is 39.2 Å². The van der Waals surface area contributed by atoms with Gasteiger partial charge in [-0.2, -0.15) is 0 Å². The summed E-state index contributed by atoms with van der Waals surface area (Å²) in [5.41, 5.74) is 10.5. The number of rotatable bonds is 3. The summed E-state index contributed by atoms with van der Waals surface area (Å²) in [5.74, 6) is 0.386. The summed E-state index contributed by atoms with van der Waals surface area (Å²) in [4.78, 5) is 20.9. The molecular weight excluding hydrogens is 360 g/mol. The van der Waals surface area contributed by atoms with Crippen LogP contribution in [0.4, 0.5) is 16.3 Å². The minimum atomic E-state index is -1.04. The summed E-state index contributed by atoms with van der Waals surface area (Å²) in [7, 11) is 1.46. The zero-order valence-electron chi connectivity index (χ0n) is 14.5.